The maximum Gasteiger partial charge on any atom is 0.416 e. The first-order valence-corrected chi connectivity index (χ1v) is 7.70. The first-order valence-electron chi connectivity index (χ1n) is 7.32. The van der Waals surface area contributed by atoms with Crippen molar-refractivity contribution >= 4 is 34.1 Å². The summed E-state index contributed by atoms with van der Waals surface area (Å²) in [5.41, 5.74) is -1.79. The number of fused-ring (bicyclic) bond motifs is 1. The lowest BCUT2D eigenvalue weighted by atomic mass is 10.1. The summed E-state index contributed by atoms with van der Waals surface area (Å²) in [6, 6.07) is 9.06. The minimum absolute atomic E-state index is 0.0936. The zero-order chi connectivity index (χ0) is 19.1. The summed E-state index contributed by atoms with van der Waals surface area (Å²) in [6.45, 7) is 0. The molecule has 0 aliphatic rings. The van der Waals surface area contributed by atoms with E-state index in [0.717, 1.165) is 12.1 Å². The van der Waals surface area contributed by atoms with Gasteiger partial charge >= 0.3 is 6.18 Å². The molecule has 5 nitrogen and oxygen atoms in total. The van der Waals surface area contributed by atoms with Crippen LogP contribution < -0.4 is 10.7 Å². The smallest absolute Gasteiger partial charge is 0.319 e. The second kappa shape index (κ2) is 6.45. The lowest BCUT2D eigenvalue weighted by molar-refractivity contribution is -0.137. The van der Waals surface area contributed by atoms with Crippen LogP contribution in [0.2, 0.25) is 5.02 Å². The number of nitrogens with zero attached hydrogens (tertiary/aromatic N) is 2. The van der Waals surface area contributed by atoms with E-state index in [1.807, 2.05) is 0 Å². The lowest BCUT2D eigenvalue weighted by Gasteiger charge is -2.12. The van der Waals surface area contributed by atoms with Crippen LogP contribution >= 0.6 is 11.6 Å². The number of halogens is 4. The number of anilines is 1. The normalized spacial score (nSPS) is 11.6. The SMILES string of the molecule is Cn1nc(C(=O)Nc2cc(C(F)(F)F)ccc2Cl)c(=O)c2ccccc21. The molecule has 0 bridgehead atoms. The predicted molar refractivity (Wildman–Crippen MR) is 91.4 cm³/mol. The Kier molecular flexibility index (Phi) is 4.45. The van der Waals surface area contributed by atoms with E-state index in [2.05, 4.69) is 10.4 Å². The second-order valence-corrected chi connectivity index (χ2v) is 5.87. The van der Waals surface area contributed by atoms with Gasteiger partial charge in [-0.15, -0.1) is 0 Å². The molecule has 0 saturated carbocycles. The molecule has 0 saturated heterocycles. The average molecular weight is 382 g/mol. The van der Waals surface area contributed by atoms with Gasteiger partial charge in [-0.2, -0.15) is 18.3 Å². The number of carbonyl (C=O) groups excluding carboxylic acids is 1. The van der Waals surface area contributed by atoms with Gasteiger partial charge in [0.25, 0.3) is 5.91 Å². The van der Waals surface area contributed by atoms with Gasteiger partial charge in [0.1, 0.15) is 0 Å². The molecule has 0 atom stereocenters. The third-order valence-corrected chi connectivity index (χ3v) is 4.05. The number of hydrogen-bond acceptors (Lipinski definition) is 3. The summed E-state index contributed by atoms with van der Waals surface area (Å²) in [5, 5.41) is 6.32. The standard InChI is InChI=1S/C17H11ClF3N3O2/c1-24-13-5-3-2-4-10(13)15(25)14(23-24)16(26)22-12-8-9(17(19,20)21)6-7-11(12)18/h2-8H,1H3,(H,22,26). The van der Waals surface area contributed by atoms with Gasteiger partial charge in [0.05, 0.1) is 21.8 Å². The Balaban J connectivity index is 2.03. The molecule has 1 heterocycles. The summed E-state index contributed by atoms with van der Waals surface area (Å²) in [5.74, 6) is -0.947. The number of benzene rings is 2. The highest BCUT2D eigenvalue weighted by Crippen LogP contribution is 2.33. The Labute approximate surface area is 150 Å². The Morgan fingerprint density at radius 2 is 1.88 bits per heavy atom. The van der Waals surface area contributed by atoms with Gasteiger partial charge < -0.3 is 5.32 Å². The largest absolute Gasteiger partial charge is 0.416 e. The molecule has 1 amide bonds. The van der Waals surface area contributed by atoms with E-state index < -0.39 is 28.8 Å². The van der Waals surface area contributed by atoms with E-state index in [1.165, 1.54) is 10.7 Å². The highest BCUT2D eigenvalue weighted by Gasteiger charge is 2.31. The third kappa shape index (κ3) is 3.28. The topological polar surface area (TPSA) is 64.0 Å². The van der Waals surface area contributed by atoms with Gasteiger partial charge in [-0.25, -0.2) is 0 Å². The number of rotatable bonds is 2. The predicted octanol–water partition coefficient (Wildman–Crippen LogP) is 3.86. The molecule has 0 aliphatic heterocycles. The molecule has 1 aromatic heterocycles. The van der Waals surface area contributed by atoms with E-state index in [4.69, 9.17) is 11.6 Å². The van der Waals surface area contributed by atoms with E-state index in [-0.39, 0.29) is 16.1 Å². The van der Waals surface area contributed by atoms with Gasteiger partial charge in [-0.05, 0) is 30.3 Å². The van der Waals surface area contributed by atoms with Crippen LogP contribution in [0, 0.1) is 0 Å². The van der Waals surface area contributed by atoms with Crippen molar-refractivity contribution in [3.05, 3.63) is 69.0 Å². The summed E-state index contributed by atoms with van der Waals surface area (Å²) in [7, 11) is 1.55. The Morgan fingerprint density at radius 3 is 2.58 bits per heavy atom. The molecule has 9 heteroatoms. The Morgan fingerprint density at radius 1 is 1.19 bits per heavy atom. The molecule has 0 spiro atoms. The van der Waals surface area contributed by atoms with Crippen molar-refractivity contribution < 1.29 is 18.0 Å². The van der Waals surface area contributed by atoms with Gasteiger partial charge in [-0.1, -0.05) is 23.7 Å². The van der Waals surface area contributed by atoms with Crippen LogP contribution in [-0.2, 0) is 13.2 Å². The molecule has 3 rings (SSSR count). The number of carbonyl (C=O) groups is 1. The maximum atomic E-state index is 12.8. The zero-order valence-electron chi connectivity index (χ0n) is 13.3. The van der Waals surface area contributed by atoms with Crippen molar-refractivity contribution in [3.63, 3.8) is 0 Å². The summed E-state index contributed by atoms with van der Waals surface area (Å²) >= 11 is 5.86. The van der Waals surface area contributed by atoms with Gasteiger partial charge in [0.2, 0.25) is 5.43 Å². The molecule has 26 heavy (non-hydrogen) atoms. The highest BCUT2D eigenvalue weighted by molar-refractivity contribution is 6.34. The van der Waals surface area contributed by atoms with Crippen LogP contribution in [-0.4, -0.2) is 15.7 Å². The summed E-state index contributed by atoms with van der Waals surface area (Å²) < 4.78 is 39.8. The molecule has 3 aromatic rings. The van der Waals surface area contributed by atoms with Crippen LogP contribution in [0.3, 0.4) is 0 Å². The van der Waals surface area contributed by atoms with Crippen molar-refractivity contribution in [1.29, 1.82) is 0 Å². The van der Waals surface area contributed by atoms with E-state index in [0.29, 0.717) is 11.6 Å². The first kappa shape index (κ1) is 17.9. The van der Waals surface area contributed by atoms with E-state index >= 15 is 0 Å². The fraction of sp³-hybridized carbons (Fsp3) is 0.118. The Hall–Kier alpha value is -2.87. The fourth-order valence-corrected chi connectivity index (χ4v) is 2.62. The van der Waals surface area contributed by atoms with Gasteiger partial charge in [-0.3, -0.25) is 14.3 Å². The van der Waals surface area contributed by atoms with Crippen molar-refractivity contribution in [3.8, 4) is 0 Å². The highest BCUT2D eigenvalue weighted by atomic mass is 35.5. The molecule has 1 N–H and O–H groups in total. The minimum atomic E-state index is -4.60. The van der Waals surface area contributed by atoms with Crippen molar-refractivity contribution in [2.24, 2.45) is 7.05 Å². The quantitative estimate of drug-likeness (QED) is 0.733. The average Bonchev–Trinajstić information content (AvgIpc) is 2.59. The van der Waals surface area contributed by atoms with Crippen LogP contribution in [0.15, 0.2) is 47.3 Å². The van der Waals surface area contributed by atoms with Crippen LogP contribution in [0.1, 0.15) is 16.1 Å². The maximum absolute atomic E-state index is 12.8. The molecule has 0 aliphatic carbocycles. The number of aromatic nitrogens is 2. The molecular weight excluding hydrogens is 371 g/mol. The summed E-state index contributed by atoms with van der Waals surface area (Å²) in [6.07, 6.45) is -4.60. The van der Waals surface area contributed by atoms with E-state index in [9.17, 15) is 22.8 Å². The van der Waals surface area contributed by atoms with E-state index in [1.54, 1.807) is 25.2 Å². The number of nitrogens with one attached hydrogen (secondary N) is 1. The number of hydrogen-bond donors (Lipinski definition) is 1. The van der Waals surface area contributed by atoms with Crippen LogP contribution in [0.4, 0.5) is 18.9 Å². The minimum Gasteiger partial charge on any atom is -0.319 e. The number of alkyl halides is 3. The third-order valence-electron chi connectivity index (χ3n) is 3.72. The first-order chi connectivity index (χ1) is 12.2. The molecule has 0 unspecified atom stereocenters. The monoisotopic (exact) mass is 381 g/mol. The van der Waals surface area contributed by atoms with Crippen molar-refractivity contribution in [2.45, 2.75) is 6.18 Å². The lowest BCUT2D eigenvalue weighted by Crippen LogP contribution is -2.26. The number of aryl methyl sites for hydroxylation is 1. The Bertz CT molecular complexity index is 1080. The zero-order valence-corrected chi connectivity index (χ0v) is 14.0. The molecule has 0 fully saturated rings. The summed E-state index contributed by atoms with van der Waals surface area (Å²) in [4.78, 5) is 24.9. The van der Waals surface area contributed by atoms with Gasteiger partial charge in [0.15, 0.2) is 5.69 Å². The van der Waals surface area contributed by atoms with Gasteiger partial charge in [0, 0.05) is 12.4 Å². The van der Waals surface area contributed by atoms with Crippen LogP contribution in [0.25, 0.3) is 10.9 Å². The molecule has 2 aromatic carbocycles. The molecule has 134 valence electrons. The molecule has 0 radical (unpaired) electrons. The second-order valence-electron chi connectivity index (χ2n) is 5.46. The fourth-order valence-electron chi connectivity index (χ4n) is 2.45. The number of amides is 1. The van der Waals surface area contributed by atoms with Crippen molar-refractivity contribution in [1.82, 2.24) is 9.78 Å². The molecular formula is C17H11ClF3N3O2. The van der Waals surface area contributed by atoms with Crippen LogP contribution in [0.5, 0.6) is 0 Å². The van der Waals surface area contributed by atoms with Crippen molar-refractivity contribution in [2.75, 3.05) is 5.32 Å². The number of para-hydroxylation sites is 1.